The molecule has 0 spiro atoms. The molecule has 0 aliphatic carbocycles. The summed E-state index contributed by atoms with van der Waals surface area (Å²) in [6.07, 6.45) is 8.64. The number of halogens is 1. The minimum atomic E-state index is 1.01. The van der Waals surface area contributed by atoms with Gasteiger partial charge in [-0.15, -0.1) is 0 Å². The van der Waals surface area contributed by atoms with Gasteiger partial charge in [0.2, 0.25) is 0 Å². The lowest BCUT2D eigenvalue weighted by Crippen LogP contribution is -1.61. The van der Waals surface area contributed by atoms with Gasteiger partial charge in [0.05, 0.1) is 0 Å². The smallest absolute Gasteiger partial charge is 0.0405 e. The third-order valence-electron chi connectivity index (χ3n) is 0.860. The van der Waals surface area contributed by atoms with Gasteiger partial charge in [0, 0.05) is 16.9 Å². The zero-order valence-electron chi connectivity index (χ0n) is 6.34. The summed E-state index contributed by atoms with van der Waals surface area (Å²) in [5, 5.41) is 0. The van der Waals surface area contributed by atoms with Crippen molar-refractivity contribution >= 4 is 22.1 Å². The summed E-state index contributed by atoms with van der Waals surface area (Å²) in [7, 11) is 0. The number of hydrogen-bond donors (Lipinski definition) is 0. The quantitative estimate of drug-likeness (QED) is 0.491. The summed E-state index contributed by atoms with van der Waals surface area (Å²) >= 11 is 3.34. The van der Waals surface area contributed by atoms with E-state index in [1.54, 1.807) is 12.4 Å². The topological polar surface area (TPSA) is 12.4 Å². The molecule has 0 radical (unpaired) electrons. The van der Waals surface area contributed by atoms with Crippen LogP contribution in [0, 0.1) is 0 Å². The summed E-state index contributed by atoms with van der Waals surface area (Å²) < 4.78 is 1.01. The van der Waals surface area contributed by atoms with Gasteiger partial charge in [-0.2, -0.15) is 0 Å². The van der Waals surface area contributed by atoms with Crippen LogP contribution in [0.1, 0.15) is 20.3 Å². The second-order valence-electron chi connectivity index (χ2n) is 1.73. The Balaban J connectivity index is 3.81. The number of allylic oxidation sites excluding steroid dienone is 3. The second kappa shape index (κ2) is 6.75. The predicted octanol–water partition coefficient (Wildman–Crippen LogP) is 3.28. The minimum Gasteiger partial charge on any atom is -0.268 e. The summed E-state index contributed by atoms with van der Waals surface area (Å²) in [6, 6.07) is 0. The fraction of sp³-hybridized carbons (Fsp3) is 0.375. The summed E-state index contributed by atoms with van der Waals surface area (Å²) in [5.74, 6) is 0. The first kappa shape index (κ1) is 9.63. The molecule has 0 rings (SSSR count). The molecule has 0 saturated carbocycles. The van der Waals surface area contributed by atoms with E-state index in [9.17, 15) is 0 Å². The molecule has 1 nitrogen and oxygen atoms in total. The Hall–Kier alpha value is -0.370. The van der Waals surface area contributed by atoms with Crippen LogP contribution in [-0.2, 0) is 0 Å². The molecule has 56 valence electrons. The lowest BCUT2D eigenvalue weighted by atomic mass is 10.4. The van der Waals surface area contributed by atoms with Crippen molar-refractivity contribution < 1.29 is 0 Å². The molecule has 2 heteroatoms. The van der Waals surface area contributed by atoms with Gasteiger partial charge < -0.3 is 0 Å². The first-order chi connectivity index (χ1) is 4.81. The van der Waals surface area contributed by atoms with Crippen LogP contribution in [0.25, 0.3) is 0 Å². The molecule has 0 bridgehead atoms. The molecule has 0 aromatic heterocycles. The molecule has 0 atom stereocenters. The van der Waals surface area contributed by atoms with Gasteiger partial charge in [-0.05, 0) is 29.3 Å². The maximum absolute atomic E-state index is 3.94. The monoisotopic (exact) mass is 201 g/mol. The third kappa shape index (κ3) is 5.76. The minimum absolute atomic E-state index is 1.01. The van der Waals surface area contributed by atoms with Gasteiger partial charge in [0.25, 0.3) is 0 Å². The van der Waals surface area contributed by atoms with Crippen molar-refractivity contribution in [1.29, 1.82) is 0 Å². The Morgan fingerprint density at radius 2 is 2.30 bits per heavy atom. The maximum atomic E-state index is 3.94. The van der Waals surface area contributed by atoms with Gasteiger partial charge in [-0.25, -0.2) is 0 Å². The number of aliphatic imine (C=N–C) groups is 1. The van der Waals surface area contributed by atoms with Crippen LogP contribution in [0.3, 0.4) is 0 Å². The lowest BCUT2D eigenvalue weighted by molar-refractivity contribution is 1.22. The molecule has 0 N–H and O–H groups in total. The van der Waals surface area contributed by atoms with Gasteiger partial charge >= 0.3 is 0 Å². The number of nitrogens with zero attached hydrogens (tertiary/aromatic N) is 1. The molecule has 10 heavy (non-hydrogen) atoms. The maximum Gasteiger partial charge on any atom is 0.0405 e. The first-order valence-electron chi connectivity index (χ1n) is 3.31. The van der Waals surface area contributed by atoms with E-state index in [2.05, 4.69) is 33.9 Å². The molecular formula is C8H12BrN. The molecular weight excluding hydrogens is 190 g/mol. The van der Waals surface area contributed by atoms with Gasteiger partial charge in [-0.1, -0.05) is 19.1 Å². The molecule has 0 aromatic carbocycles. The van der Waals surface area contributed by atoms with Gasteiger partial charge in [0.15, 0.2) is 0 Å². The molecule has 0 aliphatic rings. The highest BCUT2D eigenvalue weighted by Crippen LogP contribution is 2.06. The van der Waals surface area contributed by atoms with Crippen molar-refractivity contribution in [2.75, 3.05) is 0 Å². The number of rotatable bonds is 3. The van der Waals surface area contributed by atoms with Crippen molar-refractivity contribution in [2.45, 2.75) is 20.3 Å². The SMILES string of the molecule is CC=N/C=C(Br)\C=C\CC. The van der Waals surface area contributed by atoms with Crippen molar-refractivity contribution in [2.24, 2.45) is 4.99 Å². The third-order valence-corrected chi connectivity index (χ3v) is 1.33. The average molecular weight is 202 g/mol. The van der Waals surface area contributed by atoms with Crippen LogP contribution < -0.4 is 0 Å². The normalized spacial score (nSPS) is 13.7. The first-order valence-corrected chi connectivity index (χ1v) is 4.10. The van der Waals surface area contributed by atoms with E-state index >= 15 is 0 Å². The molecule has 0 saturated heterocycles. The van der Waals surface area contributed by atoms with Crippen molar-refractivity contribution in [1.82, 2.24) is 0 Å². The average Bonchev–Trinajstić information content (AvgIpc) is 1.97. The Morgan fingerprint density at radius 1 is 1.60 bits per heavy atom. The van der Waals surface area contributed by atoms with E-state index in [1.807, 2.05) is 13.0 Å². The van der Waals surface area contributed by atoms with E-state index in [-0.39, 0.29) is 0 Å². The van der Waals surface area contributed by atoms with E-state index in [4.69, 9.17) is 0 Å². The fourth-order valence-electron chi connectivity index (χ4n) is 0.419. The van der Waals surface area contributed by atoms with Crippen LogP contribution in [0.4, 0.5) is 0 Å². The van der Waals surface area contributed by atoms with Crippen LogP contribution in [0.15, 0.2) is 27.8 Å². The summed E-state index contributed by atoms with van der Waals surface area (Å²) in [4.78, 5) is 3.94. The van der Waals surface area contributed by atoms with Crippen molar-refractivity contribution in [3.8, 4) is 0 Å². The van der Waals surface area contributed by atoms with Crippen LogP contribution in [0.2, 0.25) is 0 Å². The van der Waals surface area contributed by atoms with Crippen molar-refractivity contribution in [3.05, 3.63) is 22.8 Å². The Kier molecular flexibility index (Phi) is 6.50. The van der Waals surface area contributed by atoms with Crippen LogP contribution in [-0.4, -0.2) is 6.21 Å². The fourth-order valence-corrected chi connectivity index (χ4v) is 0.724. The van der Waals surface area contributed by atoms with E-state index in [1.165, 1.54) is 0 Å². The largest absolute Gasteiger partial charge is 0.268 e. The summed E-state index contributed by atoms with van der Waals surface area (Å²) in [5.41, 5.74) is 0. The molecule has 0 heterocycles. The highest BCUT2D eigenvalue weighted by atomic mass is 79.9. The van der Waals surface area contributed by atoms with E-state index in [0.717, 1.165) is 10.9 Å². The molecule has 0 fully saturated rings. The Labute approximate surface area is 70.7 Å². The number of hydrogen-bond acceptors (Lipinski definition) is 1. The zero-order valence-corrected chi connectivity index (χ0v) is 7.93. The van der Waals surface area contributed by atoms with Crippen LogP contribution in [0.5, 0.6) is 0 Å². The predicted molar refractivity (Wildman–Crippen MR) is 50.6 cm³/mol. The Bertz CT molecular complexity index is 157. The second-order valence-corrected chi connectivity index (χ2v) is 2.65. The van der Waals surface area contributed by atoms with Gasteiger partial charge in [0.1, 0.15) is 0 Å². The molecule has 0 aromatic rings. The van der Waals surface area contributed by atoms with E-state index in [0.29, 0.717) is 0 Å². The lowest BCUT2D eigenvalue weighted by Gasteiger charge is -1.83. The van der Waals surface area contributed by atoms with E-state index < -0.39 is 0 Å². The standard InChI is InChI=1S/C8H12BrN/c1-3-5-6-8(9)7-10-4-2/h4-7H,3H2,1-2H3/b6-5+,8-7+,10-4?. The van der Waals surface area contributed by atoms with Crippen molar-refractivity contribution in [3.63, 3.8) is 0 Å². The van der Waals surface area contributed by atoms with Gasteiger partial charge in [-0.3, -0.25) is 4.99 Å². The summed E-state index contributed by atoms with van der Waals surface area (Å²) in [6.45, 7) is 3.99. The molecule has 0 aliphatic heterocycles. The highest BCUT2D eigenvalue weighted by molar-refractivity contribution is 9.11. The Morgan fingerprint density at radius 3 is 2.80 bits per heavy atom. The molecule has 0 amide bonds. The highest BCUT2D eigenvalue weighted by Gasteiger charge is 1.78. The molecule has 0 unspecified atom stereocenters. The zero-order chi connectivity index (χ0) is 7.82. The van der Waals surface area contributed by atoms with Crippen LogP contribution >= 0.6 is 15.9 Å².